The molecule has 2 rings (SSSR count). The van der Waals surface area contributed by atoms with Crippen LogP contribution in [0.15, 0.2) is 29.0 Å². The van der Waals surface area contributed by atoms with Crippen molar-refractivity contribution in [3.8, 4) is 0 Å². The molecule has 82 valence electrons. The summed E-state index contributed by atoms with van der Waals surface area (Å²) in [6.07, 6.45) is 3.55. The van der Waals surface area contributed by atoms with Gasteiger partial charge in [-0.3, -0.25) is 4.98 Å². The normalized spacial score (nSPS) is 11.0. The monoisotopic (exact) mass is 205 g/mol. The van der Waals surface area contributed by atoms with Crippen LogP contribution in [0.5, 0.6) is 0 Å². The van der Waals surface area contributed by atoms with Crippen molar-refractivity contribution in [2.24, 2.45) is 0 Å². The Hall–Kier alpha value is -1.31. The maximum absolute atomic E-state index is 5.31. The first-order valence-corrected chi connectivity index (χ1v) is 5.41. The Bertz CT molecular complexity index is 423. The van der Waals surface area contributed by atoms with Gasteiger partial charge in [-0.2, -0.15) is 0 Å². The van der Waals surface area contributed by atoms with Crippen LogP contribution in [0.1, 0.15) is 40.3 Å². The molecular formula is C13H19NO. The second-order valence-electron chi connectivity index (χ2n) is 4.28. The van der Waals surface area contributed by atoms with Crippen LogP contribution in [0.2, 0.25) is 0 Å². The van der Waals surface area contributed by atoms with Gasteiger partial charge in [0.15, 0.2) is 0 Å². The summed E-state index contributed by atoms with van der Waals surface area (Å²) in [5, 5.41) is 1.06. The van der Waals surface area contributed by atoms with Gasteiger partial charge in [-0.05, 0) is 6.07 Å². The summed E-state index contributed by atoms with van der Waals surface area (Å²) >= 11 is 0. The van der Waals surface area contributed by atoms with Gasteiger partial charge in [-0.15, -0.1) is 0 Å². The minimum absolute atomic E-state index is 0.0843. The average molecular weight is 205 g/mol. The van der Waals surface area contributed by atoms with Crippen molar-refractivity contribution < 1.29 is 4.42 Å². The van der Waals surface area contributed by atoms with Gasteiger partial charge < -0.3 is 4.42 Å². The molecule has 2 heteroatoms. The van der Waals surface area contributed by atoms with Gasteiger partial charge in [0.05, 0.1) is 6.26 Å². The van der Waals surface area contributed by atoms with Crippen molar-refractivity contribution in [3.05, 3.63) is 30.3 Å². The maximum Gasteiger partial charge on any atom is 0.137 e. The number of nitrogens with zero attached hydrogens (tertiary/aromatic N) is 1. The summed E-state index contributed by atoms with van der Waals surface area (Å²) in [7, 11) is 0. The second kappa shape index (κ2) is 4.47. The predicted molar refractivity (Wildman–Crippen MR) is 64.1 cm³/mol. The Labute approximate surface area is 91.3 Å². The van der Waals surface area contributed by atoms with Crippen molar-refractivity contribution in [1.29, 1.82) is 0 Å². The summed E-state index contributed by atoms with van der Waals surface area (Å²) in [6, 6.07) is 3.93. The minimum Gasteiger partial charge on any atom is -0.464 e. The highest BCUT2D eigenvalue weighted by atomic mass is 16.3. The topological polar surface area (TPSA) is 26.0 Å². The molecule has 0 aliphatic rings. The zero-order valence-electron chi connectivity index (χ0n) is 10.2. The molecule has 0 bridgehead atoms. The number of hydrogen-bond donors (Lipinski definition) is 0. The quantitative estimate of drug-likeness (QED) is 0.645. The molecule has 0 N–H and O–H groups in total. The second-order valence-corrected chi connectivity index (χ2v) is 4.28. The lowest BCUT2D eigenvalue weighted by Crippen LogP contribution is -2.12. The van der Waals surface area contributed by atoms with Crippen LogP contribution >= 0.6 is 0 Å². The van der Waals surface area contributed by atoms with E-state index in [2.05, 4.69) is 25.8 Å². The lowest BCUT2D eigenvalue weighted by Gasteiger charge is -2.16. The summed E-state index contributed by atoms with van der Waals surface area (Å²) in [6.45, 7) is 10.4. The smallest absolute Gasteiger partial charge is 0.137 e. The van der Waals surface area contributed by atoms with Gasteiger partial charge in [0, 0.05) is 28.8 Å². The van der Waals surface area contributed by atoms with Crippen LogP contribution in [0.25, 0.3) is 11.0 Å². The fraction of sp³-hybridized carbons (Fsp3) is 0.462. The average Bonchev–Trinajstić information content (AvgIpc) is 2.66. The van der Waals surface area contributed by atoms with E-state index in [9.17, 15) is 0 Å². The molecule has 2 aromatic rings. The highest BCUT2D eigenvalue weighted by molar-refractivity contribution is 5.76. The van der Waals surface area contributed by atoms with Crippen LogP contribution in [-0.2, 0) is 5.41 Å². The molecule has 0 fully saturated rings. The number of aromatic nitrogens is 1. The Morgan fingerprint density at radius 1 is 1.20 bits per heavy atom. The molecule has 0 saturated heterocycles. The third-order valence-electron chi connectivity index (χ3n) is 2.11. The highest BCUT2D eigenvalue weighted by Gasteiger charge is 2.15. The molecule has 0 aliphatic carbocycles. The molecule has 0 saturated carbocycles. The largest absolute Gasteiger partial charge is 0.464 e. The van der Waals surface area contributed by atoms with Crippen LogP contribution in [0.4, 0.5) is 0 Å². The Morgan fingerprint density at radius 3 is 2.47 bits per heavy atom. The van der Waals surface area contributed by atoms with Gasteiger partial charge >= 0.3 is 0 Å². The van der Waals surface area contributed by atoms with Crippen molar-refractivity contribution in [2.75, 3.05) is 0 Å². The van der Waals surface area contributed by atoms with Gasteiger partial charge in [0.1, 0.15) is 5.58 Å². The van der Waals surface area contributed by atoms with E-state index in [4.69, 9.17) is 4.42 Å². The summed E-state index contributed by atoms with van der Waals surface area (Å²) in [4.78, 5) is 4.39. The molecule has 2 aromatic heterocycles. The van der Waals surface area contributed by atoms with Gasteiger partial charge in [-0.25, -0.2) is 0 Å². The highest BCUT2D eigenvalue weighted by Crippen LogP contribution is 2.23. The zero-order chi connectivity index (χ0) is 11.5. The molecular weight excluding hydrogens is 186 g/mol. The number of hydrogen-bond acceptors (Lipinski definition) is 2. The van der Waals surface area contributed by atoms with Crippen LogP contribution < -0.4 is 0 Å². The molecule has 0 spiro atoms. The van der Waals surface area contributed by atoms with Crippen LogP contribution in [-0.4, -0.2) is 4.98 Å². The van der Waals surface area contributed by atoms with E-state index in [-0.39, 0.29) is 5.41 Å². The van der Waals surface area contributed by atoms with Crippen molar-refractivity contribution in [1.82, 2.24) is 4.98 Å². The number of pyridine rings is 1. The standard InChI is InChI=1S/C11H13NO.C2H6/c1-11(2,3)10-6-9-8(7-12-10)4-5-13-9;1-2/h4-7H,1-3H3;1-2H3. The summed E-state index contributed by atoms with van der Waals surface area (Å²) < 4.78 is 5.31. The molecule has 0 aromatic carbocycles. The van der Waals surface area contributed by atoms with Crippen LogP contribution in [0.3, 0.4) is 0 Å². The molecule has 2 heterocycles. The van der Waals surface area contributed by atoms with E-state index < -0.39 is 0 Å². The molecule has 0 atom stereocenters. The first kappa shape index (κ1) is 11.8. The van der Waals surface area contributed by atoms with Gasteiger partial charge in [0.25, 0.3) is 0 Å². The van der Waals surface area contributed by atoms with Crippen molar-refractivity contribution in [3.63, 3.8) is 0 Å². The van der Waals surface area contributed by atoms with E-state index in [1.54, 1.807) is 6.26 Å². The van der Waals surface area contributed by atoms with E-state index in [1.807, 2.05) is 32.2 Å². The van der Waals surface area contributed by atoms with E-state index in [1.165, 1.54) is 0 Å². The summed E-state index contributed by atoms with van der Waals surface area (Å²) in [5.74, 6) is 0. The number of fused-ring (bicyclic) bond motifs is 1. The maximum atomic E-state index is 5.31. The van der Waals surface area contributed by atoms with E-state index in [0.717, 1.165) is 16.7 Å². The first-order valence-electron chi connectivity index (χ1n) is 5.41. The number of furan rings is 1. The molecule has 0 unspecified atom stereocenters. The van der Waals surface area contributed by atoms with Gasteiger partial charge in [0.2, 0.25) is 0 Å². The minimum atomic E-state index is 0.0843. The molecule has 0 amide bonds. The molecule has 0 radical (unpaired) electrons. The molecule has 0 aliphatic heterocycles. The zero-order valence-corrected chi connectivity index (χ0v) is 10.2. The van der Waals surface area contributed by atoms with Crippen LogP contribution in [0, 0.1) is 0 Å². The van der Waals surface area contributed by atoms with Crippen molar-refractivity contribution in [2.45, 2.75) is 40.0 Å². The van der Waals surface area contributed by atoms with Gasteiger partial charge in [-0.1, -0.05) is 34.6 Å². The lowest BCUT2D eigenvalue weighted by molar-refractivity contribution is 0.564. The SMILES string of the molecule is CC.CC(C)(C)c1cc2occc2cn1. The number of rotatable bonds is 0. The lowest BCUT2D eigenvalue weighted by atomic mass is 9.91. The fourth-order valence-corrected chi connectivity index (χ4v) is 1.27. The molecule has 2 nitrogen and oxygen atoms in total. The first-order chi connectivity index (χ1) is 7.07. The van der Waals surface area contributed by atoms with Crippen molar-refractivity contribution >= 4 is 11.0 Å². The predicted octanol–water partition coefficient (Wildman–Crippen LogP) is 4.15. The third kappa shape index (κ3) is 2.58. The molecule has 15 heavy (non-hydrogen) atoms. The fourth-order valence-electron chi connectivity index (χ4n) is 1.27. The van der Waals surface area contributed by atoms with E-state index >= 15 is 0 Å². The van der Waals surface area contributed by atoms with E-state index in [0.29, 0.717) is 0 Å². The Kier molecular flexibility index (Phi) is 3.51. The summed E-state index contributed by atoms with van der Waals surface area (Å²) in [5.41, 5.74) is 2.07. The Morgan fingerprint density at radius 2 is 1.87 bits per heavy atom. The Balaban J connectivity index is 0.000000531. The third-order valence-corrected chi connectivity index (χ3v) is 2.11.